The zero-order valence-corrected chi connectivity index (χ0v) is 17.9. The van der Waals surface area contributed by atoms with Crippen molar-refractivity contribution in [3.05, 3.63) is 60.0 Å². The number of nitrogens with one attached hydrogen (secondary N) is 2. The number of para-hydroxylation sites is 1. The minimum absolute atomic E-state index is 0. The Hall–Kier alpha value is -2.36. The van der Waals surface area contributed by atoms with Crippen LogP contribution in [0.3, 0.4) is 0 Å². The highest BCUT2D eigenvalue weighted by Crippen LogP contribution is 2.17. The lowest BCUT2D eigenvalue weighted by Gasteiger charge is -2.12. The smallest absolute Gasteiger partial charge is 0.191 e. The second-order valence-electron chi connectivity index (χ2n) is 5.73. The summed E-state index contributed by atoms with van der Waals surface area (Å²) < 4.78 is 7.34. The fourth-order valence-electron chi connectivity index (χ4n) is 2.72. The van der Waals surface area contributed by atoms with E-state index in [2.05, 4.69) is 31.9 Å². The number of nitrogens with zero attached hydrogens (tertiary/aromatic N) is 4. The highest BCUT2D eigenvalue weighted by molar-refractivity contribution is 14.0. The third-order valence-electron chi connectivity index (χ3n) is 3.99. The first-order valence-corrected chi connectivity index (χ1v) is 8.74. The molecule has 0 bridgehead atoms. The maximum Gasteiger partial charge on any atom is 0.191 e. The fourth-order valence-corrected chi connectivity index (χ4v) is 2.72. The molecule has 3 aromatic rings. The van der Waals surface area contributed by atoms with Crippen molar-refractivity contribution >= 4 is 35.6 Å². The molecule has 7 nitrogen and oxygen atoms in total. The van der Waals surface area contributed by atoms with Gasteiger partial charge in [-0.25, -0.2) is 4.99 Å². The summed E-state index contributed by atoms with van der Waals surface area (Å²) in [7, 11) is 1.70. The molecule has 2 heterocycles. The standard InChI is InChI=1S/C19H24N6O.HI/c1-3-20-19(21-12-11-15-8-4-5-9-16(15)26-2)22-14-18-24-23-17-10-6-7-13-25(17)18;/h4-10,13H,3,11-12,14H2,1-2H3,(H2,20,21,22);1H. The summed E-state index contributed by atoms with van der Waals surface area (Å²) in [4.78, 5) is 4.62. The number of rotatable bonds is 7. The van der Waals surface area contributed by atoms with Crippen LogP contribution in [0, 0.1) is 0 Å². The Balaban J connectivity index is 0.00000261. The van der Waals surface area contributed by atoms with Gasteiger partial charge in [0, 0.05) is 19.3 Å². The van der Waals surface area contributed by atoms with Crippen LogP contribution in [-0.2, 0) is 13.0 Å². The number of pyridine rings is 1. The van der Waals surface area contributed by atoms with Gasteiger partial charge in [-0.3, -0.25) is 4.40 Å². The predicted molar refractivity (Wildman–Crippen MR) is 118 cm³/mol. The summed E-state index contributed by atoms with van der Waals surface area (Å²) in [5.41, 5.74) is 1.99. The van der Waals surface area contributed by atoms with Crippen LogP contribution >= 0.6 is 24.0 Å². The SMILES string of the molecule is CCNC(=NCc1nnc2ccccn12)NCCc1ccccc1OC.I. The van der Waals surface area contributed by atoms with Gasteiger partial charge >= 0.3 is 0 Å². The third-order valence-corrected chi connectivity index (χ3v) is 3.99. The lowest BCUT2D eigenvalue weighted by molar-refractivity contribution is 0.409. The van der Waals surface area contributed by atoms with Gasteiger partial charge in [0.25, 0.3) is 0 Å². The van der Waals surface area contributed by atoms with Crippen molar-refractivity contribution in [2.24, 2.45) is 4.99 Å². The molecule has 3 rings (SSSR count). The van der Waals surface area contributed by atoms with Crippen LogP contribution in [-0.4, -0.2) is 40.8 Å². The number of methoxy groups -OCH3 is 1. The van der Waals surface area contributed by atoms with Gasteiger partial charge in [-0.2, -0.15) is 0 Å². The minimum atomic E-state index is 0. The topological polar surface area (TPSA) is 75.8 Å². The molecule has 27 heavy (non-hydrogen) atoms. The number of aliphatic imine (C=N–C) groups is 1. The van der Waals surface area contributed by atoms with E-state index >= 15 is 0 Å². The molecule has 0 radical (unpaired) electrons. The van der Waals surface area contributed by atoms with Gasteiger partial charge < -0.3 is 15.4 Å². The van der Waals surface area contributed by atoms with Gasteiger partial charge in [-0.1, -0.05) is 24.3 Å². The van der Waals surface area contributed by atoms with Gasteiger partial charge in [0.15, 0.2) is 17.4 Å². The maximum atomic E-state index is 5.40. The molecule has 1 aromatic carbocycles. The average molecular weight is 480 g/mol. The van der Waals surface area contributed by atoms with Gasteiger partial charge in [0.1, 0.15) is 12.3 Å². The highest BCUT2D eigenvalue weighted by Gasteiger charge is 2.05. The first kappa shape index (κ1) is 20.9. The molecule has 0 aliphatic heterocycles. The normalized spacial score (nSPS) is 11.1. The van der Waals surface area contributed by atoms with Crippen molar-refractivity contribution in [1.82, 2.24) is 25.2 Å². The van der Waals surface area contributed by atoms with Gasteiger partial charge in [-0.15, -0.1) is 34.2 Å². The number of hydrogen-bond donors (Lipinski definition) is 2. The Kier molecular flexibility index (Phi) is 8.31. The summed E-state index contributed by atoms with van der Waals surface area (Å²) in [6.45, 7) is 4.05. The predicted octanol–water partition coefficient (Wildman–Crippen LogP) is 2.65. The van der Waals surface area contributed by atoms with Crippen LogP contribution in [0.1, 0.15) is 18.3 Å². The van der Waals surface area contributed by atoms with Crippen molar-refractivity contribution in [1.29, 1.82) is 0 Å². The monoisotopic (exact) mass is 480 g/mol. The summed E-state index contributed by atoms with van der Waals surface area (Å²) in [5, 5.41) is 15.0. The van der Waals surface area contributed by atoms with E-state index in [1.165, 1.54) is 5.56 Å². The molecule has 0 unspecified atom stereocenters. The molecular weight excluding hydrogens is 455 g/mol. The summed E-state index contributed by atoms with van der Waals surface area (Å²) in [5.74, 6) is 2.48. The van der Waals surface area contributed by atoms with Crippen molar-refractivity contribution in [2.75, 3.05) is 20.2 Å². The number of halogens is 1. The Labute approximate surface area is 176 Å². The Morgan fingerprint density at radius 3 is 2.74 bits per heavy atom. The molecule has 0 saturated carbocycles. The third kappa shape index (κ3) is 5.56. The summed E-state index contributed by atoms with van der Waals surface area (Å²) in [6, 6.07) is 13.9. The maximum absolute atomic E-state index is 5.40. The molecule has 8 heteroatoms. The number of hydrogen-bond acceptors (Lipinski definition) is 4. The molecule has 0 amide bonds. The lowest BCUT2D eigenvalue weighted by atomic mass is 10.1. The number of ether oxygens (including phenoxy) is 1. The van der Waals surface area contributed by atoms with Crippen LogP contribution < -0.4 is 15.4 Å². The van der Waals surface area contributed by atoms with Gasteiger partial charge in [0.05, 0.1) is 7.11 Å². The molecular formula is C19H25IN6O. The quantitative estimate of drug-likeness (QED) is 0.309. The van der Waals surface area contributed by atoms with E-state index in [1.54, 1.807) is 7.11 Å². The number of guanidine groups is 1. The highest BCUT2D eigenvalue weighted by atomic mass is 127. The van der Waals surface area contributed by atoms with Crippen molar-refractivity contribution in [3.63, 3.8) is 0 Å². The molecule has 2 aromatic heterocycles. The van der Waals surface area contributed by atoms with E-state index in [1.807, 2.05) is 53.9 Å². The second kappa shape index (κ2) is 10.7. The van der Waals surface area contributed by atoms with Crippen LogP contribution in [0.2, 0.25) is 0 Å². The summed E-state index contributed by atoms with van der Waals surface area (Å²) >= 11 is 0. The number of aromatic nitrogens is 3. The van der Waals surface area contributed by atoms with E-state index in [0.717, 1.165) is 42.7 Å². The molecule has 0 aliphatic carbocycles. The molecule has 144 valence electrons. The van der Waals surface area contributed by atoms with E-state index < -0.39 is 0 Å². The zero-order valence-electron chi connectivity index (χ0n) is 15.6. The zero-order chi connectivity index (χ0) is 18.2. The van der Waals surface area contributed by atoms with Crippen molar-refractivity contribution < 1.29 is 4.74 Å². The first-order valence-electron chi connectivity index (χ1n) is 8.74. The fraction of sp³-hybridized carbons (Fsp3) is 0.316. The largest absolute Gasteiger partial charge is 0.496 e. The Morgan fingerprint density at radius 2 is 1.93 bits per heavy atom. The van der Waals surface area contributed by atoms with Crippen LogP contribution in [0.15, 0.2) is 53.7 Å². The van der Waals surface area contributed by atoms with Crippen LogP contribution in [0.25, 0.3) is 5.65 Å². The molecule has 0 aliphatic rings. The Bertz CT molecular complexity index is 879. The average Bonchev–Trinajstić information content (AvgIpc) is 3.09. The van der Waals surface area contributed by atoms with Crippen LogP contribution in [0.4, 0.5) is 0 Å². The van der Waals surface area contributed by atoms with E-state index in [4.69, 9.17) is 4.74 Å². The molecule has 2 N–H and O–H groups in total. The lowest BCUT2D eigenvalue weighted by Crippen LogP contribution is -2.38. The second-order valence-corrected chi connectivity index (χ2v) is 5.73. The number of fused-ring (bicyclic) bond motifs is 1. The van der Waals surface area contributed by atoms with Gasteiger partial charge in [-0.05, 0) is 37.1 Å². The van der Waals surface area contributed by atoms with E-state index in [0.29, 0.717) is 6.54 Å². The first-order chi connectivity index (χ1) is 12.8. The molecule has 0 spiro atoms. The number of benzene rings is 1. The Morgan fingerprint density at radius 1 is 1.11 bits per heavy atom. The van der Waals surface area contributed by atoms with E-state index in [-0.39, 0.29) is 24.0 Å². The van der Waals surface area contributed by atoms with Crippen molar-refractivity contribution in [2.45, 2.75) is 19.9 Å². The molecule has 0 fully saturated rings. The summed E-state index contributed by atoms with van der Waals surface area (Å²) in [6.07, 6.45) is 2.80. The van der Waals surface area contributed by atoms with Crippen molar-refractivity contribution in [3.8, 4) is 5.75 Å². The van der Waals surface area contributed by atoms with E-state index in [9.17, 15) is 0 Å². The molecule has 0 atom stereocenters. The molecule has 0 saturated heterocycles. The minimum Gasteiger partial charge on any atom is -0.496 e. The van der Waals surface area contributed by atoms with Crippen LogP contribution in [0.5, 0.6) is 5.75 Å². The van der Waals surface area contributed by atoms with Gasteiger partial charge in [0.2, 0.25) is 0 Å².